The summed E-state index contributed by atoms with van der Waals surface area (Å²) in [4.78, 5) is 21.1. The summed E-state index contributed by atoms with van der Waals surface area (Å²) in [5.41, 5.74) is -0.711. The monoisotopic (exact) mass is 188 g/mol. The molecule has 3 N–H and O–H groups in total. The van der Waals surface area contributed by atoms with Crippen molar-refractivity contribution in [3.8, 4) is 0 Å². The van der Waals surface area contributed by atoms with E-state index in [4.69, 9.17) is 15.3 Å². The third kappa shape index (κ3) is 2.87. The third-order valence-electron chi connectivity index (χ3n) is 1.59. The molecule has 5 nitrogen and oxygen atoms in total. The van der Waals surface area contributed by atoms with Crippen LogP contribution in [0.1, 0.15) is 20.3 Å². The van der Waals surface area contributed by atoms with Crippen LogP contribution in [0.2, 0.25) is 0 Å². The van der Waals surface area contributed by atoms with Crippen molar-refractivity contribution in [2.45, 2.75) is 26.4 Å². The van der Waals surface area contributed by atoms with Gasteiger partial charge < -0.3 is 15.3 Å². The molecule has 0 aromatic heterocycles. The third-order valence-corrected chi connectivity index (χ3v) is 1.59. The quantitative estimate of drug-likeness (QED) is 0.549. The van der Waals surface area contributed by atoms with Gasteiger partial charge in [-0.25, -0.2) is 9.59 Å². The highest BCUT2D eigenvalue weighted by atomic mass is 16.4. The first-order valence-corrected chi connectivity index (χ1v) is 3.79. The molecule has 0 aliphatic carbocycles. The van der Waals surface area contributed by atoms with E-state index in [1.807, 2.05) is 0 Å². The van der Waals surface area contributed by atoms with Gasteiger partial charge in [-0.3, -0.25) is 0 Å². The Morgan fingerprint density at radius 2 is 1.69 bits per heavy atom. The number of aliphatic hydroxyl groups is 1. The predicted molar refractivity (Wildman–Crippen MR) is 44.3 cm³/mol. The van der Waals surface area contributed by atoms with Crippen LogP contribution >= 0.6 is 0 Å². The van der Waals surface area contributed by atoms with Crippen molar-refractivity contribution in [3.05, 3.63) is 11.1 Å². The number of hydrogen-bond donors (Lipinski definition) is 3. The van der Waals surface area contributed by atoms with E-state index < -0.39 is 23.6 Å². The first kappa shape index (κ1) is 11.6. The minimum Gasteiger partial charge on any atom is -0.478 e. The van der Waals surface area contributed by atoms with E-state index in [9.17, 15) is 9.59 Å². The van der Waals surface area contributed by atoms with Gasteiger partial charge in [0.25, 0.3) is 0 Å². The standard InChI is InChI=1S/C8H12O5/c1-3-5(7(10)11)6(4(2)9)8(12)13/h4,9H,3H2,1-2H3,(H,10,11)(H,12,13)/b6-5-. The molecule has 0 bridgehead atoms. The minimum atomic E-state index is -1.39. The Hall–Kier alpha value is -1.36. The van der Waals surface area contributed by atoms with Crippen LogP contribution in [0.3, 0.4) is 0 Å². The van der Waals surface area contributed by atoms with Gasteiger partial charge in [0, 0.05) is 5.57 Å². The summed E-state index contributed by atoms with van der Waals surface area (Å²) < 4.78 is 0. The van der Waals surface area contributed by atoms with E-state index in [1.54, 1.807) is 0 Å². The molecule has 0 saturated carbocycles. The Kier molecular flexibility index (Phi) is 4.13. The maximum atomic E-state index is 10.6. The van der Waals surface area contributed by atoms with E-state index in [1.165, 1.54) is 13.8 Å². The van der Waals surface area contributed by atoms with Crippen molar-refractivity contribution in [3.63, 3.8) is 0 Å². The summed E-state index contributed by atoms with van der Waals surface area (Å²) in [6.07, 6.45) is -1.20. The Balaban J connectivity index is 5.26. The summed E-state index contributed by atoms with van der Waals surface area (Å²) in [6, 6.07) is 0. The second kappa shape index (κ2) is 4.61. The SMILES string of the molecule is CC/C(C(=O)O)=C(/C(=O)O)C(C)O. The number of aliphatic hydroxyl groups excluding tert-OH is 1. The van der Waals surface area contributed by atoms with Gasteiger partial charge in [0.15, 0.2) is 0 Å². The van der Waals surface area contributed by atoms with Gasteiger partial charge in [-0.2, -0.15) is 0 Å². The zero-order chi connectivity index (χ0) is 10.6. The molecule has 0 fully saturated rings. The van der Waals surface area contributed by atoms with Crippen molar-refractivity contribution in [2.75, 3.05) is 0 Å². The lowest BCUT2D eigenvalue weighted by molar-refractivity contribution is -0.136. The predicted octanol–water partition coefficient (Wildman–Crippen LogP) is 0.243. The summed E-state index contributed by atoms with van der Waals surface area (Å²) >= 11 is 0. The van der Waals surface area contributed by atoms with E-state index in [2.05, 4.69) is 0 Å². The molecule has 5 heteroatoms. The largest absolute Gasteiger partial charge is 0.478 e. The van der Waals surface area contributed by atoms with Crippen LogP contribution in [-0.2, 0) is 9.59 Å². The smallest absolute Gasteiger partial charge is 0.334 e. The number of carbonyl (C=O) groups is 2. The molecule has 0 aromatic rings. The molecule has 0 heterocycles. The van der Waals surface area contributed by atoms with Crippen molar-refractivity contribution in [1.82, 2.24) is 0 Å². The molecule has 0 saturated heterocycles. The van der Waals surface area contributed by atoms with Crippen molar-refractivity contribution < 1.29 is 24.9 Å². The minimum absolute atomic E-state index is 0.0713. The number of aliphatic carboxylic acids is 2. The highest BCUT2D eigenvalue weighted by Crippen LogP contribution is 2.13. The number of carboxylic acids is 2. The average Bonchev–Trinajstić information content (AvgIpc) is 1.97. The molecular formula is C8H12O5. The lowest BCUT2D eigenvalue weighted by Crippen LogP contribution is -2.20. The molecular weight excluding hydrogens is 176 g/mol. The summed E-state index contributed by atoms with van der Waals surface area (Å²) in [7, 11) is 0. The van der Waals surface area contributed by atoms with E-state index >= 15 is 0 Å². The van der Waals surface area contributed by atoms with Crippen LogP contribution in [0.15, 0.2) is 11.1 Å². The lowest BCUT2D eigenvalue weighted by Gasteiger charge is -2.09. The topological polar surface area (TPSA) is 94.8 Å². The van der Waals surface area contributed by atoms with Crippen LogP contribution in [0, 0.1) is 0 Å². The summed E-state index contributed by atoms with van der Waals surface area (Å²) in [6.45, 7) is 2.75. The van der Waals surface area contributed by atoms with Gasteiger partial charge in [-0.1, -0.05) is 6.92 Å². The van der Waals surface area contributed by atoms with E-state index in [0.717, 1.165) is 0 Å². The fourth-order valence-electron chi connectivity index (χ4n) is 1.02. The zero-order valence-corrected chi connectivity index (χ0v) is 7.44. The average molecular weight is 188 g/mol. The molecule has 0 rings (SSSR count). The van der Waals surface area contributed by atoms with Gasteiger partial charge in [-0.05, 0) is 13.3 Å². The lowest BCUT2D eigenvalue weighted by atomic mass is 10.0. The van der Waals surface area contributed by atoms with Crippen LogP contribution < -0.4 is 0 Å². The van der Waals surface area contributed by atoms with Gasteiger partial charge >= 0.3 is 11.9 Å². The van der Waals surface area contributed by atoms with Crippen LogP contribution in [-0.4, -0.2) is 33.4 Å². The normalized spacial score (nSPS) is 14.7. The second-order valence-corrected chi connectivity index (χ2v) is 2.53. The fourth-order valence-corrected chi connectivity index (χ4v) is 1.02. The van der Waals surface area contributed by atoms with E-state index in [-0.39, 0.29) is 12.0 Å². The van der Waals surface area contributed by atoms with Crippen LogP contribution in [0.4, 0.5) is 0 Å². The molecule has 0 spiro atoms. The van der Waals surface area contributed by atoms with Crippen molar-refractivity contribution in [1.29, 1.82) is 0 Å². The van der Waals surface area contributed by atoms with Crippen molar-refractivity contribution in [2.24, 2.45) is 0 Å². The number of rotatable bonds is 4. The Labute approximate surface area is 75.3 Å². The van der Waals surface area contributed by atoms with Gasteiger partial charge in [-0.15, -0.1) is 0 Å². The Morgan fingerprint density at radius 3 is 1.77 bits per heavy atom. The molecule has 13 heavy (non-hydrogen) atoms. The Bertz CT molecular complexity index is 251. The van der Waals surface area contributed by atoms with Gasteiger partial charge in [0.2, 0.25) is 0 Å². The van der Waals surface area contributed by atoms with Gasteiger partial charge in [0.1, 0.15) is 0 Å². The second-order valence-electron chi connectivity index (χ2n) is 2.53. The van der Waals surface area contributed by atoms with Crippen LogP contribution in [0.5, 0.6) is 0 Å². The molecule has 1 atom stereocenters. The van der Waals surface area contributed by atoms with Crippen LogP contribution in [0.25, 0.3) is 0 Å². The fraction of sp³-hybridized carbons (Fsp3) is 0.500. The highest BCUT2D eigenvalue weighted by molar-refractivity contribution is 5.99. The summed E-state index contributed by atoms with van der Waals surface area (Å²) in [5.74, 6) is -2.70. The maximum Gasteiger partial charge on any atom is 0.334 e. The molecule has 74 valence electrons. The van der Waals surface area contributed by atoms with Gasteiger partial charge in [0.05, 0.1) is 11.7 Å². The zero-order valence-electron chi connectivity index (χ0n) is 7.44. The summed E-state index contributed by atoms with van der Waals surface area (Å²) in [5, 5.41) is 26.3. The Morgan fingerprint density at radius 1 is 1.23 bits per heavy atom. The molecule has 0 aromatic carbocycles. The highest BCUT2D eigenvalue weighted by Gasteiger charge is 2.22. The maximum absolute atomic E-state index is 10.6. The molecule has 0 aliphatic heterocycles. The first-order valence-electron chi connectivity index (χ1n) is 3.79. The molecule has 0 amide bonds. The number of carboxylic acid groups (broad SMARTS) is 2. The molecule has 1 unspecified atom stereocenters. The van der Waals surface area contributed by atoms with Crippen molar-refractivity contribution >= 4 is 11.9 Å². The molecule has 0 radical (unpaired) electrons. The number of hydrogen-bond acceptors (Lipinski definition) is 3. The molecule has 0 aliphatic rings. The first-order chi connectivity index (χ1) is 5.91. The van der Waals surface area contributed by atoms with E-state index in [0.29, 0.717) is 0 Å².